The third kappa shape index (κ3) is 21.7. The zero-order chi connectivity index (χ0) is 28.8. The molecule has 2 atom stereocenters. The maximum atomic E-state index is 12.6. The Morgan fingerprint density at radius 3 is 1.61 bits per heavy atom. The lowest BCUT2D eigenvalue weighted by atomic mass is 10.0. The summed E-state index contributed by atoms with van der Waals surface area (Å²) in [6.07, 6.45) is 18.2. The molecule has 0 aliphatic rings. The van der Waals surface area contributed by atoms with E-state index >= 15 is 0 Å². The first-order valence-corrected chi connectivity index (χ1v) is 16.5. The van der Waals surface area contributed by atoms with Gasteiger partial charge in [0.15, 0.2) is 19.2 Å². The summed E-state index contributed by atoms with van der Waals surface area (Å²) < 4.78 is 0.562. The normalized spacial score (nSPS) is 13.2. The van der Waals surface area contributed by atoms with Crippen LogP contribution in [0.5, 0.6) is 0 Å². The van der Waals surface area contributed by atoms with E-state index in [1.807, 2.05) is 21.1 Å². The molecule has 0 bridgehead atoms. The smallest absolute Gasteiger partial charge is 0.219 e. The summed E-state index contributed by atoms with van der Waals surface area (Å²) in [4.78, 5) is 59.6. The van der Waals surface area contributed by atoms with Gasteiger partial charge in [0.2, 0.25) is 5.91 Å². The Labute approximate surface area is 234 Å². The van der Waals surface area contributed by atoms with Gasteiger partial charge in [0.25, 0.3) is 0 Å². The van der Waals surface area contributed by atoms with Crippen molar-refractivity contribution < 1.29 is 28.6 Å². The molecule has 0 rings (SSSR count). The minimum atomic E-state index is -2.42. The molecule has 2 N–H and O–H groups in total. The Balaban J connectivity index is 4.20. The maximum absolute atomic E-state index is 12.6. The number of ketones is 1. The Morgan fingerprint density at radius 2 is 1.16 bits per heavy atom. The highest BCUT2D eigenvalue weighted by molar-refractivity contribution is 7.84. The van der Waals surface area contributed by atoms with Gasteiger partial charge in [-0.2, -0.15) is 0 Å². The Morgan fingerprint density at radius 1 is 0.684 bits per heavy atom. The highest BCUT2D eigenvalue weighted by Gasteiger charge is 2.29. The highest BCUT2D eigenvalue weighted by atomic mass is 31.1. The topological polar surface area (TPSA) is 101 Å². The predicted octanol–water partition coefficient (Wildman–Crippen LogP) is 6.64. The van der Waals surface area contributed by atoms with E-state index in [1.54, 1.807) is 6.92 Å². The number of carbonyl (C=O) groups is 4. The first kappa shape index (κ1) is 36.8. The number of amides is 1. The molecule has 0 radical (unpaired) electrons. The molecule has 7 nitrogen and oxygen atoms in total. The van der Waals surface area contributed by atoms with Crippen LogP contribution >= 0.6 is 8.15 Å². The van der Waals surface area contributed by atoms with Crippen molar-refractivity contribution in [3.8, 4) is 0 Å². The van der Waals surface area contributed by atoms with Gasteiger partial charge in [-0.25, -0.2) is 0 Å². The van der Waals surface area contributed by atoms with E-state index in [9.17, 15) is 24.1 Å². The van der Waals surface area contributed by atoms with Gasteiger partial charge < -0.3 is 14.7 Å². The van der Waals surface area contributed by atoms with Crippen molar-refractivity contribution in [2.75, 3.05) is 27.7 Å². The molecule has 0 aromatic rings. The molecule has 0 aromatic carbocycles. The lowest BCUT2D eigenvalue weighted by molar-refractivity contribution is -0.869. The van der Waals surface area contributed by atoms with Crippen LogP contribution in [-0.2, 0) is 19.2 Å². The Bertz CT molecular complexity index is 678. The van der Waals surface area contributed by atoms with Gasteiger partial charge in [-0.15, -0.1) is 0 Å². The number of carbonyl (C=O) groups excluding carboxylic acids is 4. The van der Waals surface area contributed by atoms with Crippen LogP contribution in [0.25, 0.3) is 0 Å². The van der Waals surface area contributed by atoms with Crippen LogP contribution in [-0.4, -0.2) is 65.8 Å². The maximum Gasteiger partial charge on any atom is 0.219 e. The van der Waals surface area contributed by atoms with Gasteiger partial charge in [0, 0.05) is 31.7 Å². The van der Waals surface area contributed by atoms with E-state index in [4.69, 9.17) is 0 Å². The molecule has 0 fully saturated rings. The number of nitrogens with one attached hydrogen (secondary N) is 1. The molecule has 0 saturated carbocycles. The second-order valence-electron chi connectivity index (χ2n) is 11.8. The van der Waals surface area contributed by atoms with Crippen LogP contribution in [0.3, 0.4) is 0 Å². The average Bonchev–Trinajstić information content (AvgIpc) is 2.86. The molecular formula is C30H58N2O5P+. The van der Waals surface area contributed by atoms with Crippen LogP contribution in [0.15, 0.2) is 0 Å². The summed E-state index contributed by atoms with van der Waals surface area (Å²) in [7, 11) is 3.40. The van der Waals surface area contributed by atoms with E-state index in [2.05, 4.69) is 12.2 Å². The lowest BCUT2D eigenvalue weighted by Gasteiger charge is -2.24. The lowest BCUT2D eigenvalue weighted by Crippen LogP contribution is -2.38. The Kier molecular flexibility index (Phi) is 21.9. The SMILES string of the molecule is CCCCCCCCCCCCCCCCC(=O)CC(CC(=O)P(O)C(=O)CC[N+](C)(C)C)NC(=O)CC. The summed E-state index contributed by atoms with van der Waals surface area (Å²) >= 11 is 0. The van der Waals surface area contributed by atoms with Gasteiger partial charge in [-0.1, -0.05) is 97.3 Å². The fourth-order valence-electron chi connectivity index (χ4n) is 4.37. The van der Waals surface area contributed by atoms with Crippen molar-refractivity contribution in [1.29, 1.82) is 0 Å². The van der Waals surface area contributed by atoms with Crippen molar-refractivity contribution >= 4 is 30.9 Å². The van der Waals surface area contributed by atoms with Crippen LogP contribution in [0.4, 0.5) is 0 Å². The minimum Gasteiger partial charge on any atom is -0.360 e. The molecule has 0 aliphatic carbocycles. The molecule has 38 heavy (non-hydrogen) atoms. The molecule has 0 spiro atoms. The molecule has 0 saturated heterocycles. The summed E-state index contributed by atoms with van der Waals surface area (Å²) in [5, 5.41) is 2.73. The molecule has 1 amide bonds. The standard InChI is InChI=1S/C30H57N2O5P/c1-6-8-9-10-11-12-13-14-15-16-17-18-19-20-21-27(33)24-26(31-28(34)7-2)25-30(36)38(37)29(35)22-23-32(3,4)5/h26,37H,6-25H2,1-5H3/p+1. The van der Waals surface area contributed by atoms with Gasteiger partial charge in [0.1, 0.15) is 5.78 Å². The molecule has 222 valence electrons. The highest BCUT2D eigenvalue weighted by Crippen LogP contribution is 2.36. The Hall–Kier alpha value is -1.17. The fraction of sp³-hybridized carbons (Fsp3) is 0.867. The quantitative estimate of drug-likeness (QED) is 0.0705. The van der Waals surface area contributed by atoms with Crippen molar-refractivity contribution in [3.63, 3.8) is 0 Å². The number of hydrogen-bond donors (Lipinski definition) is 2. The first-order chi connectivity index (χ1) is 18.0. The monoisotopic (exact) mass is 557 g/mol. The van der Waals surface area contributed by atoms with Crippen LogP contribution in [0.1, 0.15) is 136 Å². The van der Waals surface area contributed by atoms with Crippen molar-refractivity contribution in [3.05, 3.63) is 0 Å². The van der Waals surface area contributed by atoms with Gasteiger partial charge in [0.05, 0.1) is 34.1 Å². The largest absolute Gasteiger partial charge is 0.360 e. The average molecular weight is 558 g/mol. The number of quaternary nitrogens is 1. The van der Waals surface area contributed by atoms with Crippen molar-refractivity contribution in [1.82, 2.24) is 5.32 Å². The second-order valence-corrected chi connectivity index (χ2v) is 13.4. The third-order valence-electron chi connectivity index (χ3n) is 6.86. The fourth-order valence-corrected chi connectivity index (χ4v) is 5.35. The molecule has 0 aliphatic heterocycles. The van der Waals surface area contributed by atoms with Crippen LogP contribution in [0.2, 0.25) is 0 Å². The molecule has 8 heteroatoms. The van der Waals surface area contributed by atoms with E-state index < -0.39 is 25.2 Å². The summed E-state index contributed by atoms with van der Waals surface area (Å²) in [5.41, 5.74) is -1.02. The van der Waals surface area contributed by atoms with E-state index in [0.29, 0.717) is 17.4 Å². The number of unbranched alkanes of at least 4 members (excludes halogenated alkanes) is 13. The minimum absolute atomic E-state index is 0.0109. The summed E-state index contributed by atoms with van der Waals surface area (Å²) in [6, 6.07) is -0.669. The van der Waals surface area contributed by atoms with E-state index in [-0.39, 0.29) is 37.4 Å². The number of rotatable bonds is 26. The van der Waals surface area contributed by atoms with Gasteiger partial charge in [-0.05, 0) is 6.42 Å². The zero-order valence-corrected chi connectivity index (χ0v) is 26.1. The van der Waals surface area contributed by atoms with E-state index in [1.165, 1.54) is 70.6 Å². The number of hydrogen-bond acceptors (Lipinski definition) is 5. The first-order valence-electron chi connectivity index (χ1n) is 15.2. The van der Waals surface area contributed by atoms with Crippen molar-refractivity contribution in [2.24, 2.45) is 0 Å². The van der Waals surface area contributed by atoms with E-state index in [0.717, 1.165) is 19.3 Å². The van der Waals surface area contributed by atoms with Crippen molar-refractivity contribution in [2.45, 2.75) is 142 Å². The van der Waals surface area contributed by atoms with Crippen LogP contribution < -0.4 is 5.32 Å². The summed E-state index contributed by atoms with van der Waals surface area (Å²) in [6.45, 7) is 4.49. The molecule has 0 aromatic heterocycles. The third-order valence-corrected chi connectivity index (χ3v) is 8.21. The van der Waals surface area contributed by atoms with Crippen LogP contribution in [0, 0.1) is 0 Å². The summed E-state index contributed by atoms with van der Waals surface area (Å²) in [5.74, 6) is -0.234. The second kappa shape index (κ2) is 22.6. The van der Waals surface area contributed by atoms with Gasteiger partial charge >= 0.3 is 0 Å². The molecule has 2 unspecified atom stereocenters. The predicted molar refractivity (Wildman–Crippen MR) is 158 cm³/mol. The molecular weight excluding hydrogens is 499 g/mol. The molecule has 0 heterocycles. The zero-order valence-electron chi connectivity index (χ0n) is 25.2. The number of Topliss-reactive ketones (excluding diaryl/α,β-unsaturated/α-hetero) is 1. The van der Waals surface area contributed by atoms with Gasteiger partial charge in [-0.3, -0.25) is 19.2 Å². The number of nitrogens with zero attached hydrogens (tertiary/aromatic N) is 1.